The van der Waals surface area contributed by atoms with E-state index in [1.54, 1.807) is 36.4 Å². The van der Waals surface area contributed by atoms with Gasteiger partial charge in [-0.1, -0.05) is 23.8 Å². The van der Waals surface area contributed by atoms with Gasteiger partial charge in [-0.15, -0.1) is 0 Å². The maximum absolute atomic E-state index is 13.2. The zero-order valence-electron chi connectivity index (χ0n) is 20.7. The van der Waals surface area contributed by atoms with E-state index < -0.39 is 13.3 Å². The number of benzene rings is 2. The predicted molar refractivity (Wildman–Crippen MR) is 138 cm³/mol. The van der Waals surface area contributed by atoms with Crippen LogP contribution in [0, 0.1) is 6.92 Å². The maximum atomic E-state index is 13.2. The molecule has 0 spiro atoms. The smallest absolute Gasteiger partial charge is 0.503 e. The van der Waals surface area contributed by atoms with Crippen LogP contribution < -0.4 is 14.2 Å². The van der Waals surface area contributed by atoms with E-state index in [2.05, 4.69) is 9.97 Å². The Labute approximate surface area is 213 Å². The molecule has 2 N–H and O–H groups in total. The van der Waals surface area contributed by atoms with Crippen molar-refractivity contribution in [2.24, 2.45) is 0 Å². The lowest BCUT2D eigenvalue weighted by Gasteiger charge is -2.13. The van der Waals surface area contributed by atoms with Crippen LogP contribution in [-0.4, -0.2) is 44.6 Å². The fourth-order valence-corrected chi connectivity index (χ4v) is 3.93. The first kappa shape index (κ1) is 25.6. The Balaban J connectivity index is 1.64. The van der Waals surface area contributed by atoms with E-state index in [4.69, 9.17) is 18.9 Å². The zero-order valence-corrected chi connectivity index (χ0v) is 20.7. The molecule has 0 amide bonds. The lowest BCUT2D eigenvalue weighted by molar-refractivity contribution is 0.104. The number of allylic oxidation sites excluding steroid dienone is 1. The zero-order chi connectivity index (χ0) is 26.5. The third-order valence-corrected chi connectivity index (χ3v) is 5.69. The Kier molecular flexibility index (Phi) is 7.67. The number of carbonyl (C=O) groups excluding carboxylic acids is 1. The molecule has 0 radical (unpaired) electrons. The highest BCUT2D eigenvalue weighted by atomic mass is 19.2. The molecule has 2 heterocycles. The van der Waals surface area contributed by atoms with Crippen LogP contribution in [-0.2, 0) is 4.65 Å². The monoisotopic (exact) mass is 506 g/mol. The highest BCUT2D eigenvalue weighted by Crippen LogP contribution is 2.41. The van der Waals surface area contributed by atoms with Crippen molar-refractivity contribution in [2.45, 2.75) is 6.92 Å². The number of nitrogens with one attached hydrogen (secondary N) is 2. The minimum atomic E-state index is -3.11. The number of carbonyl (C=O) groups is 1. The molecule has 10 heteroatoms. The highest BCUT2D eigenvalue weighted by Gasteiger charge is 2.23. The van der Waals surface area contributed by atoms with Gasteiger partial charge in [0.05, 0.1) is 32.7 Å². The second-order valence-corrected chi connectivity index (χ2v) is 8.11. The van der Waals surface area contributed by atoms with E-state index in [-0.39, 0.29) is 17.1 Å². The molecule has 4 rings (SSSR count). The summed E-state index contributed by atoms with van der Waals surface area (Å²) in [5, 5.41) is 0. The van der Waals surface area contributed by atoms with E-state index in [9.17, 15) is 13.4 Å². The summed E-state index contributed by atoms with van der Waals surface area (Å²) in [5.74, 6) is 0.513. The number of aryl methyl sites for hydroxylation is 1. The van der Waals surface area contributed by atoms with Crippen molar-refractivity contribution in [3.8, 4) is 39.8 Å². The molecule has 0 saturated carbocycles. The summed E-state index contributed by atoms with van der Waals surface area (Å²) in [6, 6.07) is 17.8. The summed E-state index contributed by atoms with van der Waals surface area (Å²) in [6.07, 6.45) is 1.03. The Morgan fingerprint density at radius 2 is 1.43 bits per heavy atom. The summed E-state index contributed by atoms with van der Waals surface area (Å²) in [6.45, 7) is 1.96. The minimum absolute atomic E-state index is 0.185. The van der Waals surface area contributed by atoms with Gasteiger partial charge in [0.25, 0.3) is 0 Å². The molecule has 190 valence electrons. The van der Waals surface area contributed by atoms with E-state index in [0.717, 1.165) is 17.2 Å². The largest absolute Gasteiger partial charge is 0.796 e. The molecular weight excluding hydrogens is 481 g/mol. The van der Waals surface area contributed by atoms with E-state index in [1.165, 1.54) is 21.3 Å². The molecule has 37 heavy (non-hydrogen) atoms. The Morgan fingerprint density at radius 3 is 2.03 bits per heavy atom. The molecule has 0 atom stereocenters. The van der Waals surface area contributed by atoms with Crippen LogP contribution >= 0.6 is 0 Å². The van der Waals surface area contributed by atoms with Gasteiger partial charge in [0.1, 0.15) is 5.76 Å². The topological polar surface area (TPSA) is 85.6 Å². The molecule has 0 unspecified atom stereocenters. The number of methoxy groups -OCH3 is 3. The summed E-state index contributed by atoms with van der Waals surface area (Å²) >= 11 is 0. The van der Waals surface area contributed by atoms with Crippen LogP contribution in [0.3, 0.4) is 0 Å². The molecule has 2 aromatic carbocycles. The molecule has 0 aliphatic rings. The van der Waals surface area contributed by atoms with Gasteiger partial charge in [0, 0.05) is 23.0 Å². The third kappa shape index (κ3) is 5.69. The third-order valence-electron chi connectivity index (χ3n) is 5.69. The quantitative estimate of drug-likeness (QED) is 0.116. The number of rotatable bonds is 10. The molecule has 0 aliphatic heterocycles. The van der Waals surface area contributed by atoms with E-state index >= 15 is 0 Å². The lowest BCUT2D eigenvalue weighted by Crippen LogP contribution is -2.07. The van der Waals surface area contributed by atoms with E-state index in [1.807, 2.05) is 31.2 Å². The summed E-state index contributed by atoms with van der Waals surface area (Å²) in [5.41, 5.74) is 4.35. The van der Waals surface area contributed by atoms with Crippen molar-refractivity contribution in [1.82, 2.24) is 9.97 Å². The molecule has 4 aromatic rings. The standard InChI is InChI=1S/C27H25BF2N2O5/c1-16-6-5-7-17(12-16)19-9-11-22(32-19)24(37-28(29)30)15-23(33)21-10-8-20(31-21)18-13-25(34-2)27(36-4)26(14-18)35-3/h5-15,31-32H,1-4H3/b24-15-. The number of aromatic nitrogens is 2. The first-order valence-electron chi connectivity index (χ1n) is 11.3. The van der Waals surface area contributed by atoms with E-state index in [0.29, 0.717) is 34.2 Å². The van der Waals surface area contributed by atoms with Crippen molar-refractivity contribution < 1.29 is 32.3 Å². The van der Waals surface area contributed by atoms with Crippen LogP contribution in [0.1, 0.15) is 21.7 Å². The van der Waals surface area contributed by atoms with Crippen LogP contribution in [0.25, 0.3) is 28.3 Å². The Hall–Kier alpha value is -4.47. The number of aromatic amines is 2. The Morgan fingerprint density at radius 1 is 0.811 bits per heavy atom. The number of ether oxygens (including phenoxy) is 3. The molecular formula is C27H25BF2N2O5. The normalized spacial score (nSPS) is 11.2. The van der Waals surface area contributed by atoms with Gasteiger partial charge >= 0.3 is 7.47 Å². The summed E-state index contributed by atoms with van der Waals surface area (Å²) < 4.78 is 47.2. The number of hydrogen-bond donors (Lipinski definition) is 2. The van der Waals surface area contributed by atoms with Crippen molar-refractivity contribution in [3.63, 3.8) is 0 Å². The number of hydrogen-bond acceptors (Lipinski definition) is 5. The molecule has 0 fully saturated rings. The van der Waals surface area contributed by atoms with Gasteiger partial charge in [0.2, 0.25) is 11.5 Å². The second-order valence-electron chi connectivity index (χ2n) is 8.11. The first-order chi connectivity index (χ1) is 17.8. The molecule has 0 aliphatic carbocycles. The lowest BCUT2D eigenvalue weighted by atomic mass is 10.1. The van der Waals surface area contributed by atoms with Gasteiger partial charge in [-0.3, -0.25) is 4.79 Å². The van der Waals surface area contributed by atoms with Gasteiger partial charge in [-0.2, -0.15) is 0 Å². The van der Waals surface area contributed by atoms with Crippen molar-refractivity contribution in [3.05, 3.63) is 83.7 Å². The van der Waals surface area contributed by atoms with Gasteiger partial charge in [-0.05, 0) is 55.0 Å². The molecule has 0 bridgehead atoms. The fraction of sp³-hybridized carbons (Fsp3) is 0.148. The van der Waals surface area contributed by atoms with Gasteiger partial charge < -0.3 is 28.8 Å². The SMILES string of the molecule is COc1cc(-c2ccc(C(=O)/C=C(\OB(F)F)c3ccc(-c4cccc(C)c4)[nH]3)[nH]2)cc(OC)c1OC. The van der Waals surface area contributed by atoms with Gasteiger partial charge in [-0.25, -0.2) is 8.63 Å². The molecule has 0 saturated heterocycles. The van der Waals surface area contributed by atoms with Crippen molar-refractivity contribution in [2.75, 3.05) is 21.3 Å². The van der Waals surface area contributed by atoms with Crippen LogP contribution in [0.5, 0.6) is 17.2 Å². The van der Waals surface area contributed by atoms with Crippen molar-refractivity contribution >= 4 is 19.0 Å². The minimum Gasteiger partial charge on any atom is -0.503 e. The van der Waals surface area contributed by atoms with Crippen LogP contribution in [0.15, 0.2) is 66.7 Å². The highest BCUT2D eigenvalue weighted by molar-refractivity contribution is 6.36. The second kappa shape index (κ2) is 11.1. The molecule has 7 nitrogen and oxygen atoms in total. The fourth-order valence-electron chi connectivity index (χ4n) is 3.93. The Bertz CT molecular complexity index is 1420. The maximum Gasteiger partial charge on any atom is 0.796 e. The number of ketones is 1. The number of H-pyrrole nitrogens is 2. The van der Waals surface area contributed by atoms with Crippen molar-refractivity contribution in [1.29, 1.82) is 0 Å². The molecule has 2 aromatic heterocycles. The predicted octanol–water partition coefficient (Wildman–Crippen LogP) is 6.18. The average Bonchev–Trinajstić information content (AvgIpc) is 3.58. The number of halogens is 2. The average molecular weight is 506 g/mol. The van der Waals surface area contributed by atoms with Crippen LogP contribution in [0.2, 0.25) is 0 Å². The van der Waals surface area contributed by atoms with Gasteiger partial charge in [0.15, 0.2) is 11.5 Å². The summed E-state index contributed by atoms with van der Waals surface area (Å²) in [4.78, 5) is 19.1. The summed E-state index contributed by atoms with van der Waals surface area (Å²) in [7, 11) is 1.41. The first-order valence-corrected chi connectivity index (χ1v) is 11.3. The van der Waals surface area contributed by atoms with Crippen LogP contribution in [0.4, 0.5) is 8.63 Å².